The number of carbonyl (C=O) groups is 1. The second kappa shape index (κ2) is 6.60. The molecule has 6 heteroatoms. The van der Waals surface area contributed by atoms with Crippen LogP contribution in [0.25, 0.3) is 0 Å². The summed E-state index contributed by atoms with van der Waals surface area (Å²) in [5.74, 6) is -0.288. The standard InChI is InChI=1S/C14H16ClN3O2/c1-2-20-14(19)13-9-17-5-6-18(13)12-7-11(15)4-3-10(12)8-16/h3-4,7,13,17H,2,5-6,9H2,1H3. The maximum absolute atomic E-state index is 12.0. The number of nitrogens with one attached hydrogen (secondary N) is 1. The van der Waals surface area contributed by atoms with E-state index in [0.29, 0.717) is 36.0 Å². The van der Waals surface area contributed by atoms with Crippen LogP contribution < -0.4 is 10.2 Å². The van der Waals surface area contributed by atoms with Gasteiger partial charge in [-0.05, 0) is 25.1 Å². The van der Waals surface area contributed by atoms with Crippen LogP contribution in [-0.2, 0) is 9.53 Å². The maximum atomic E-state index is 12.0. The highest BCUT2D eigenvalue weighted by molar-refractivity contribution is 6.30. The van der Waals surface area contributed by atoms with E-state index < -0.39 is 6.04 Å². The first-order valence-electron chi connectivity index (χ1n) is 6.51. The van der Waals surface area contributed by atoms with E-state index in [2.05, 4.69) is 11.4 Å². The Morgan fingerprint density at radius 3 is 3.15 bits per heavy atom. The number of hydrogen-bond acceptors (Lipinski definition) is 5. The van der Waals surface area contributed by atoms with Gasteiger partial charge in [-0.1, -0.05) is 11.6 Å². The van der Waals surface area contributed by atoms with Gasteiger partial charge in [0.1, 0.15) is 12.1 Å². The number of carbonyl (C=O) groups excluding carboxylic acids is 1. The van der Waals surface area contributed by atoms with Gasteiger partial charge in [0.15, 0.2) is 0 Å². The fourth-order valence-electron chi connectivity index (χ4n) is 2.28. The highest BCUT2D eigenvalue weighted by atomic mass is 35.5. The second-order valence-electron chi connectivity index (χ2n) is 4.44. The Kier molecular flexibility index (Phi) is 4.83. The molecule has 0 amide bonds. The molecule has 1 aliphatic heterocycles. The van der Waals surface area contributed by atoms with Gasteiger partial charge in [0.05, 0.1) is 17.9 Å². The normalized spacial score (nSPS) is 18.4. The molecule has 1 unspecified atom stereocenters. The number of rotatable bonds is 3. The summed E-state index contributed by atoms with van der Waals surface area (Å²) in [7, 11) is 0. The lowest BCUT2D eigenvalue weighted by Gasteiger charge is -2.36. The minimum atomic E-state index is -0.436. The summed E-state index contributed by atoms with van der Waals surface area (Å²) >= 11 is 6.01. The molecule has 5 nitrogen and oxygen atoms in total. The number of nitrogens with zero attached hydrogens (tertiary/aromatic N) is 2. The third-order valence-electron chi connectivity index (χ3n) is 3.19. The second-order valence-corrected chi connectivity index (χ2v) is 4.88. The van der Waals surface area contributed by atoms with Crippen LogP contribution in [0.4, 0.5) is 5.69 Å². The summed E-state index contributed by atoms with van der Waals surface area (Å²) < 4.78 is 5.10. The minimum absolute atomic E-state index is 0.288. The van der Waals surface area contributed by atoms with Crippen LogP contribution in [0.1, 0.15) is 12.5 Å². The Bertz CT molecular complexity index is 542. The first kappa shape index (κ1) is 14.6. The van der Waals surface area contributed by atoms with Gasteiger partial charge in [-0.15, -0.1) is 0 Å². The van der Waals surface area contributed by atoms with Crippen molar-refractivity contribution in [3.8, 4) is 6.07 Å². The van der Waals surface area contributed by atoms with E-state index in [1.165, 1.54) is 0 Å². The molecular formula is C14H16ClN3O2. The Labute approximate surface area is 123 Å². The number of ether oxygens (including phenoxy) is 1. The van der Waals surface area contributed by atoms with Crippen molar-refractivity contribution in [2.75, 3.05) is 31.1 Å². The van der Waals surface area contributed by atoms with E-state index in [1.54, 1.807) is 25.1 Å². The highest BCUT2D eigenvalue weighted by Crippen LogP contribution is 2.27. The van der Waals surface area contributed by atoms with Crippen LogP contribution in [0.2, 0.25) is 5.02 Å². The Hall–Kier alpha value is -1.77. The predicted molar refractivity (Wildman–Crippen MR) is 76.8 cm³/mol. The number of esters is 1. The highest BCUT2D eigenvalue weighted by Gasteiger charge is 2.31. The van der Waals surface area contributed by atoms with Gasteiger partial charge in [-0.25, -0.2) is 4.79 Å². The quantitative estimate of drug-likeness (QED) is 0.857. The molecule has 0 saturated carbocycles. The van der Waals surface area contributed by atoms with Crippen LogP contribution in [0.15, 0.2) is 18.2 Å². The molecule has 0 aromatic heterocycles. The van der Waals surface area contributed by atoms with Gasteiger partial charge in [0, 0.05) is 24.7 Å². The van der Waals surface area contributed by atoms with Crippen LogP contribution in [0, 0.1) is 11.3 Å². The topological polar surface area (TPSA) is 65.4 Å². The van der Waals surface area contributed by atoms with Crippen molar-refractivity contribution < 1.29 is 9.53 Å². The number of benzene rings is 1. The summed E-state index contributed by atoms with van der Waals surface area (Å²) in [5.41, 5.74) is 1.19. The van der Waals surface area contributed by atoms with Crippen LogP contribution >= 0.6 is 11.6 Å². The van der Waals surface area contributed by atoms with E-state index in [9.17, 15) is 10.1 Å². The summed E-state index contributed by atoms with van der Waals surface area (Å²) in [5, 5.41) is 12.9. The third-order valence-corrected chi connectivity index (χ3v) is 3.43. The molecule has 20 heavy (non-hydrogen) atoms. The van der Waals surface area contributed by atoms with Crippen molar-refractivity contribution in [1.82, 2.24) is 5.32 Å². The Morgan fingerprint density at radius 1 is 1.65 bits per heavy atom. The zero-order chi connectivity index (χ0) is 14.5. The molecule has 1 saturated heterocycles. The molecule has 106 valence electrons. The maximum Gasteiger partial charge on any atom is 0.330 e. The average molecular weight is 294 g/mol. The molecule has 1 aromatic carbocycles. The van der Waals surface area contributed by atoms with Gasteiger partial charge in [-0.2, -0.15) is 5.26 Å². The SMILES string of the molecule is CCOC(=O)C1CNCCN1c1cc(Cl)ccc1C#N. The van der Waals surface area contributed by atoms with E-state index in [-0.39, 0.29) is 5.97 Å². The molecule has 0 radical (unpaired) electrons. The van der Waals surface area contributed by atoms with Crippen molar-refractivity contribution >= 4 is 23.3 Å². The van der Waals surface area contributed by atoms with Gasteiger partial charge in [-0.3, -0.25) is 0 Å². The van der Waals surface area contributed by atoms with Crippen molar-refractivity contribution in [3.05, 3.63) is 28.8 Å². The number of halogens is 1. The summed E-state index contributed by atoms with van der Waals surface area (Å²) in [4.78, 5) is 13.9. The lowest BCUT2D eigenvalue weighted by molar-refractivity contribution is -0.144. The minimum Gasteiger partial charge on any atom is -0.464 e. The molecule has 1 aliphatic rings. The molecule has 1 heterocycles. The van der Waals surface area contributed by atoms with Gasteiger partial charge in [0.25, 0.3) is 0 Å². The van der Waals surface area contributed by atoms with Crippen LogP contribution in [-0.4, -0.2) is 38.3 Å². The summed E-state index contributed by atoms with van der Waals surface area (Å²) in [6, 6.07) is 6.76. The van der Waals surface area contributed by atoms with Gasteiger partial charge in [0.2, 0.25) is 0 Å². The van der Waals surface area contributed by atoms with Crippen molar-refractivity contribution in [3.63, 3.8) is 0 Å². The van der Waals surface area contributed by atoms with Crippen molar-refractivity contribution in [2.24, 2.45) is 0 Å². The van der Waals surface area contributed by atoms with Crippen LogP contribution in [0.3, 0.4) is 0 Å². The van der Waals surface area contributed by atoms with E-state index in [0.717, 1.165) is 6.54 Å². The molecule has 0 bridgehead atoms. The molecular weight excluding hydrogens is 278 g/mol. The van der Waals surface area contributed by atoms with E-state index in [4.69, 9.17) is 16.3 Å². The molecule has 1 N–H and O–H groups in total. The fourth-order valence-corrected chi connectivity index (χ4v) is 2.44. The van der Waals surface area contributed by atoms with Crippen molar-refractivity contribution in [1.29, 1.82) is 5.26 Å². The molecule has 0 spiro atoms. The number of piperazine rings is 1. The Balaban J connectivity index is 2.35. The number of nitriles is 1. The first-order valence-corrected chi connectivity index (χ1v) is 6.88. The zero-order valence-electron chi connectivity index (χ0n) is 11.2. The summed E-state index contributed by atoms with van der Waals surface area (Å²) in [6.45, 7) is 3.98. The number of anilines is 1. The summed E-state index contributed by atoms with van der Waals surface area (Å²) in [6.07, 6.45) is 0. The first-order chi connectivity index (χ1) is 9.67. The molecule has 1 aromatic rings. The molecule has 1 atom stereocenters. The largest absolute Gasteiger partial charge is 0.464 e. The lowest BCUT2D eigenvalue weighted by atomic mass is 10.1. The predicted octanol–water partition coefficient (Wildman–Crippen LogP) is 1.55. The molecule has 0 aliphatic carbocycles. The van der Waals surface area contributed by atoms with Crippen molar-refractivity contribution in [2.45, 2.75) is 13.0 Å². The third kappa shape index (κ3) is 3.03. The van der Waals surface area contributed by atoms with Crippen LogP contribution in [0.5, 0.6) is 0 Å². The van der Waals surface area contributed by atoms with Gasteiger partial charge < -0.3 is 15.0 Å². The average Bonchev–Trinajstić information content (AvgIpc) is 2.47. The number of hydrogen-bond donors (Lipinski definition) is 1. The smallest absolute Gasteiger partial charge is 0.330 e. The molecule has 2 rings (SSSR count). The lowest BCUT2D eigenvalue weighted by Crippen LogP contribution is -2.55. The zero-order valence-corrected chi connectivity index (χ0v) is 12.0. The fraction of sp³-hybridized carbons (Fsp3) is 0.429. The van der Waals surface area contributed by atoms with E-state index in [1.807, 2.05) is 4.90 Å². The Morgan fingerprint density at radius 2 is 2.45 bits per heavy atom. The monoisotopic (exact) mass is 293 g/mol. The van der Waals surface area contributed by atoms with E-state index >= 15 is 0 Å². The van der Waals surface area contributed by atoms with Gasteiger partial charge >= 0.3 is 5.97 Å². The molecule has 1 fully saturated rings.